The minimum Gasteiger partial charge on any atom is -0.389 e. The first-order chi connectivity index (χ1) is 8.06. The first kappa shape index (κ1) is 13.9. The van der Waals surface area contributed by atoms with Crippen molar-refractivity contribution in [3.8, 4) is 0 Å². The summed E-state index contributed by atoms with van der Waals surface area (Å²) in [6.45, 7) is 3.75. The maximum absolute atomic E-state index is 5.74. The molecule has 0 aliphatic heterocycles. The van der Waals surface area contributed by atoms with E-state index in [9.17, 15) is 0 Å². The van der Waals surface area contributed by atoms with E-state index in [4.69, 9.17) is 22.7 Å². The highest BCUT2D eigenvalue weighted by Gasteiger charge is 2.09. The van der Waals surface area contributed by atoms with Crippen LogP contribution in [-0.2, 0) is 4.74 Å². The summed E-state index contributed by atoms with van der Waals surface area (Å²) in [5, 5.41) is 0. The Balaban J connectivity index is 2.86. The third kappa shape index (κ3) is 3.98. The summed E-state index contributed by atoms with van der Waals surface area (Å²) >= 11 is 5.07. The summed E-state index contributed by atoms with van der Waals surface area (Å²) in [7, 11) is 3.76. The number of methoxy groups -OCH3 is 1. The van der Waals surface area contributed by atoms with Gasteiger partial charge in [0.2, 0.25) is 0 Å². The van der Waals surface area contributed by atoms with Gasteiger partial charge in [0.15, 0.2) is 0 Å². The van der Waals surface area contributed by atoms with Crippen LogP contribution in [0.5, 0.6) is 0 Å². The second kappa shape index (κ2) is 6.57. The van der Waals surface area contributed by atoms with Crippen LogP contribution < -0.4 is 10.6 Å². The fourth-order valence-corrected chi connectivity index (χ4v) is 1.90. The van der Waals surface area contributed by atoms with Crippen molar-refractivity contribution < 1.29 is 4.74 Å². The number of thiocarbonyl (C=S) groups is 1. The number of benzene rings is 1. The highest BCUT2D eigenvalue weighted by atomic mass is 32.1. The van der Waals surface area contributed by atoms with Gasteiger partial charge in [-0.15, -0.1) is 0 Å². The number of hydrogen-bond acceptors (Lipinski definition) is 3. The van der Waals surface area contributed by atoms with Gasteiger partial charge < -0.3 is 15.4 Å². The third-order valence-electron chi connectivity index (χ3n) is 2.67. The second-order valence-electron chi connectivity index (χ2n) is 4.15. The molecule has 1 aromatic carbocycles. The lowest BCUT2D eigenvalue weighted by molar-refractivity contribution is 0.196. The zero-order valence-electron chi connectivity index (χ0n) is 10.7. The molecule has 17 heavy (non-hydrogen) atoms. The van der Waals surface area contributed by atoms with Crippen LogP contribution in [0.4, 0.5) is 5.69 Å². The van der Waals surface area contributed by atoms with E-state index in [0.29, 0.717) is 4.99 Å². The van der Waals surface area contributed by atoms with Crippen molar-refractivity contribution in [2.45, 2.75) is 13.3 Å². The van der Waals surface area contributed by atoms with Crippen molar-refractivity contribution in [1.82, 2.24) is 0 Å². The Hall–Kier alpha value is -1.13. The van der Waals surface area contributed by atoms with E-state index in [2.05, 4.69) is 17.9 Å². The van der Waals surface area contributed by atoms with Gasteiger partial charge in [-0.05, 0) is 31.0 Å². The molecule has 0 spiro atoms. The summed E-state index contributed by atoms with van der Waals surface area (Å²) in [6.07, 6.45) is 0.984. The van der Waals surface area contributed by atoms with Gasteiger partial charge in [0.05, 0.1) is 0 Å². The Labute approximate surface area is 109 Å². The lowest BCUT2D eigenvalue weighted by Gasteiger charge is -2.22. The van der Waals surface area contributed by atoms with Gasteiger partial charge in [-0.1, -0.05) is 18.3 Å². The maximum Gasteiger partial charge on any atom is 0.106 e. The molecule has 0 fully saturated rings. The van der Waals surface area contributed by atoms with Crippen LogP contribution in [0.3, 0.4) is 0 Å². The minimum atomic E-state index is 0.443. The number of nitrogens with two attached hydrogens (primary N) is 1. The van der Waals surface area contributed by atoms with Crippen LogP contribution in [-0.4, -0.2) is 32.3 Å². The van der Waals surface area contributed by atoms with E-state index in [-0.39, 0.29) is 0 Å². The predicted molar refractivity (Wildman–Crippen MR) is 76.8 cm³/mol. The zero-order valence-corrected chi connectivity index (χ0v) is 11.5. The number of aryl methyl sites for hydroxylation is 1. The van der Waals surface area contributed by atoms with Crippen LogP contribution in [0, 0.1) is 6.92 Å². The zero-order chi connectivity index (χ0) is 12.8. The van der Waals surface area contributed by atoms with Crippen molar-refractivity contribution in [1.29, 1.82) is 0 Å². The Bertz CT molecular complexity index is 393. The van der Waals surface area contributed by atoms with Crippen LogP contribution in [0.2, 0.25) is 0 Å². The highest BCUT2D eigenvalue weighted by Crippen LogP contribution is 2.21. The molecule has 0 atom stereocenters. The number of nitrogens with zero attached hydrogens (tertiary/aromatic N) is 1. The molecular formula is C13H20N2OS. The molecule has 3 nitrogen and oxygen atoms in total. The van der Waals surface area contributed by atoms with Crippen LogP contribution in [0.1, 0.15) is 17.5 Å². The smallest absolute Gasteiger partial charge is 0.106 e. The van der Waals surface area contributed by atoms with Crippen LogP contribution >= 0.6 is 12.2 Å². The largest absolute Gasteiger partial charge is 0.389 e. The quantitative estimate of drug-likeness (QED) is 0.621. The predicted octanol–water partition coefficient (Wildman–Crippen LogP) is 2.10. The Morgan fingerprint density at radius 1 is 1.47 bits per heavy atom. The van der Waals surface area contributed by atoms with Crippen LogP contribution in [0.15, 0.2) is 18.2 Å². The van der Waals surface area contributed by atoms with E-state index in [1.54, 1.807) is 7.11 Å². The fraction of sp³-hybridized carbons (Fsp3) is 0.462. The summed E-state index contributed by atoms with van der Waals surface area (Å²) in [4.78, 5) is 2.61. The molecular weight excluding hydrogens is 232 g/mol. The van der Waals surface area contributed by atoms with Crippen molar-refractivity contribution >= 4 is 22.9 Å². The molecule has 0 saturated carbocycles. The fourth-order valence-electron chi connectivity index (χ4n) is 1.73. The van der Waals surface area contributed by atoms with Gasteiger partial charge in [-0.25, -0.2) is 0 Å². The molecule has 0 aliphatic rings. The van der Waals surface area contributed by atoms with Crippen molar-refractivity contribution in [2.24, 2.45) is 5.73 Å². The number of anilines is 1. The SMILES string of the molecule is COCCCN(C)c1cc(C)ccc1C(N)=S. The average molecular weight is 252 g/mol. The summed E-state index contributed by atoms with van der Waals surface area (Å²) in [5.74, 6) is 0. The number of ether oxygens (including phenoxy) is 1. The normalized spacial score (nSPS) is 10.3. The van der Waals surface area contributed by atoms with Gasteiger partial charge in [0.1, 0.15) is 4.99 Å². The average Bonchev–Trinajstić information content (AvgIpc) is 2.28. The molecule has 0 radical (unpaired) electrons. The molecule has 0 bridgehead atoms. The first-order valence-corrected chi connectivity index (χ1v) is 6.07. The molecule has 1 rings (SSSR count). The molecule has 0 saturated heterocycles. The Morgan fingerprint density at radius 2 is 2.18 bits per heavy atom. The first-order valence-electron chi connectivity index (χ1n) is 5.66. The van der Waals surface area contributed by atoms with Crippen molar-refractivity contribution in [2.75, 3.05) is 32.2 Å². The Kier molecular flexibility index (Phi) is 5.38. The Morgan fingerprint density at radius 3 is 2.76 bits per heavy atom. The molecule has 0 aromatic heterocycles. The molecule has 2 N–H and O–H groups in total. The molecule has 0 aliphatic carbocycles. The molecule has 94 valence electrons. The molecule has 1 aromatic rings. The van der Waals surface area contributed by atoms with Gasteiger partial charge in [0.25, 0.3) is 0 Å². The molecule has 0 unspecified atom stereocenters. The third-order valence-corrected chi connectivity index (χ3v) is 2.89. The van der Waals surface area contributed by atoms with E-state index in [0.717, 1.165) is 30.8 Å². The van der Waals surface area contributed by atoms with E-state index in [1.807, 2.05) is 19.2 Å². The highest BCUT2D eigenvalue weighted by molar-refractivity contribution is 7.80. The lowest BCUT2D eigenvalue weighted by Crippen LogP contribution is -2.23. The number of rotatable bonds is 6. The standard InChI is InChI=1S/C13H20N2OS/c1-10-5-6-11(13(14)17)12(9-10)15(2)7-4-8-16-3/h5-6,9H,4,7-8H2,1-3H3,(H2,14,17). The molecule has 0 amide bonds. The van der Waals surface area contributed by atoms with E-state index in [1.165, 1.54) is 5.56 Å². The maximum atomic E-state index is 5.74. The second-order valence-corrected chi connectivity index (χ2v) is 4.59. The van der Waals surface area contributed by atoms with Crippen LogP contribution in [0.25, 0.3) is 0 Å². The molecule has 0 heterocycles. The van der Waals surface area contributed by atoms with Gasteiger partial charge in [-0.3, -0.25) is 0 Å². The lowest BCUT2D eigenvalue weighted by atomic mass is 10.1. The van der Waals surface area contributed by atoms with Gasteiger partial charge in [0, 0.05) is 38.6 Å². The van der Waals surface area contributed by atoms with Gasteiger partial charge in [-0.2, -0.15) is 0 Å². The molecule has 4 heteroatoms. The van der Waals surface area contributed by atoms with Crippen molar-refractivity contribution in [3.63, 3.8) is 0 Å². The van der Waals surface area contributed by atoms with E-state index >= 15 is 0 Å². The summed E-state index contributed by atoms with van der Waals surface area (Å²) in [6, 6.07) is 6.13. The minimum absolute atomic E-state index is 0.443. The number of hydrogen-bond donors (Lipinski definition) is 1. The van der Waals surface area contributed by atoms with Gasteiger partial charge >= 0.3 is 0 Å². The topological polar surface area (TPSA) is 38.5 Å². The van der Waals surface area contributed by atoms with E-state index < -0.39 is 0 Å². The monoisotopic (exact) mass is 252 g/mol. The summed E-state index contributed by atoms with van der Waals surface area (Å²) < 4.78 is 5.05. The summed E-state index contributed by atoms with van der Waals surface area (Å²) in [5.41, 5.74) is 8.97. The van der Waals surface area contributed by atoms with Crippen molar-refractivity contribution in [3.05, 3.63) is 29.3 Å².